The molecule has 0 saturated carbocycles. The zero-order chi connectivity index (χ0) is 14.0. The van der Waals surface area contributed by atoms with Crippen molar-refractivity contribution in [3.05, 3.63) is 23.5 Å². The largest absolute Gasteiger partial charge is 0.459 e. The normalized spacial score (nSPS) is 27.0. The van der Waals surface area contributed by atoms with Crippen molar-refractivity contribution in [1.82, 2.24) is 4.98 Å². The van der Waals surface area contributed by atoms with Gasteiger partial charge in [0.15, 0.2) is 0 Å². The molecule has 19 heavy (non-hydrogen) atoms. The lowest BCUT2D eigenvalue weighted by molar-refractivity contribution is -0.0855. The molecule has 0 spiro atoms. The van der Waals surface area contributed by atoms with Gasteiger partial charge < -0.3 is 15.2 Å². The molecule has 1 fully saturated rings. The number of pyridine rings is 1. The van der Waals surface area contributed by atoms with Crippen LogP contribution in [0.1, 0.15) is 42.7 Å². The summed E-state index contributed by atoms with van der Waals surface area (Å²) in [6, 6.07) is 1.61. The summed E-state index contributed by atoms with van der Waals surface area (Å²) in [5.74, 6) is -0.358. The van der Waals surface area contributed by atoms with Crippen LogP contribution in [0.15, 0.2) is 12.3 Å². The average molecular weight is 264 g/mol. The van der Waals surface area contributed by atoms with Crippen molar-refractivity contribution in [3.8, 4) is 0 Å². The number of nitrogens with two attached hydrogens (primary N) is 1. The van der Waals surface area contributed by atoms with E-state index in [1.807, 2.05) is 13.8 Å². The lowest BCUT2D eigenvalue weighted by atomic mass is 10.0. The average Bonchev–Trinajstić information content (AvgIpc) is 2.30. The predicted molar refractivity (Wildman–Crippen MR) is 71.8 cm³/mol. The van der Waals surface area contributed by atoms with Gasteiger partial charge in [0.05, 0.1) is 35.3 Å². The Bertz CT molecular complexity index is 466. The van der Waals surface area contributed by atoms with Crippen LogP contribution < -0.4 is 5.73 Å². The van der Waals surface area contributed by atoms with Crippen LogP contribution in [0.4, 0.5) is 5.69 Å². The molecule has 5 nitrogen and oxygen atoms in total. The maximum atomic E-state index is 12.1. The number of rotatable bonds is 2. The Morgan fingerprint density at radius 2 is 2.05 bits per heavy atom. The number of esters is 1. The molecule has 0 aromatic carbocycles. The highest BCUT2D eigenvalue weighted by atomic mass is 16.6. The molecule has 1 aromatic rings. The van der Waals surface area contributed by atoms with Crippen LogP contribution in [0.5, 0.6) is 0 Å². The molecular formula is C14H20N2O3. The van der Waals surface area contributed by atoms with Crippen LogP contribution in [-0.4, -0.2) is 29.3 Å². The smallest absolute Gasteiger partial charge is 0.340 e. The van der Waals surface area contributed by atoms with E-state index < -0.39 is 0 Å². The molecule has 2 atom stereocenters. The maximum absolute atomic E-state index is 12.1. The van der Waals surface area contributed by atoms with Gasteiger partial charge in [-0.1, -0.05) is 0 Å². The Morgan fingerprint density at radius 3 is 2.68 bits per heavy atom. The third-order valence-corrected chi connectivity index (χ3v) is 3.26. The van der Waals surface area contributed by atoms with E-state index in [-0.39, 0.29) is 24.3 Å². The van der Waals surface area contributed by atoms with Crippen LogP contribution in [0.3, 0.4) is 0 Å². The molecule has 104 valence electrons. The van der Waals surface area contributed by atoms with Crippen molar-refractivity contribution in [1.29, 1.82) is 0 Å². The van der Waals surface area contributed by atoms with Gasteiger partial charge in [-0.15, -0.1) is 0 Å². The molecule has 2 rings (SSSR count). The van der Waals surface area contributed by atoms with Gasteiger partial charge in [0.25, 0.3) is 0 Å². The summed E-state index contributed by atoms with van der Waals surface area (Å²) >= 11 is 0. The van der Waals surface area contributed by atoms with Crippen LogP contribution >= 0.6 is 0 Å². The number of nitrogens with zero attached hydrogens (tertiary/aromatic N) is 1. The standard InChI is InChI=1S/C14H20N2O3/c1-8-4-12(5-9(2)18-8)19-14(17)13-6-11(15)7-16-10(13)3/h6-9,12H,4-5,15H2,1-3H3. The fourth-order valence-corrected chi connectivity index (χ4v) is 2.41. The second-order valence-corrected chi connectivity index (χ2v) is 5.16. The summed E-state index contributed by atoms with van der Waals surface area (Å²) < 4.78 is 11.2. The fraction of sp³-hybridized carbons (Fsp3) is 0.571. The molecule has 2 N–H and O–H groups in total. The number of anilines is 1. The van der Waals surface area contributed by atoms with Crippen molar-refractivity contribution in [3.63, 3.8) is 0 Å². The number of hydrogen-bond acceptors (Lipinski definition) is 5. The highest BCUT2D eigenvalue weighted by Crippen LogP contribution is 2.23. The highest BCUT2D eigenvalue weighted by Gasteiger charge is 2.28. The summed E-state index contributed by atoms with van der Waals surface area (Å²) in [5.41, 5.74) is 7.19. The zero-order valence-electron chi connectivity index (χ0n) is 11.6. The Labute approximate surface area is 113 Å². The van der Waals surface area contributed by atoms with Gasteiger partial charge in [0.1, 0.15) is 6.10 Å². The van der Waals surface area contributed by atoms with Gasteiger partial charge >= 0.3 is 5.97 Å². The topological polar surface area (TPSA) is 74.4 Å². The number of aromatic nitrogens is 1. The molecule has 0 amide bonds. The molecule has 5 heteroatoms. The van der Waals surface area contributed by atoms with Crippen LogP contribution in [0.2, 0.25) is 0 Å². The zero-order valence-corrected chi connectivity index (χ0v) is 11.6. The molecule has 2 heterocycles. The molecular weight excluding hydrogens is 244 g/mol. The number of carbonyl (C=O) groups is 1. The molecule has 0 aliphatic carbocycles. The van der Waals surface area contributed by atoms with E-state index >= 15 is 0 Å². The van der Waals surface area contributed by atoms with Gasteiger partial charge in [-0.2, -0.15) is 0 Å². The number of carbonyl (C=O) groups excluding carboxylic acids is 1. The molecule has 0 bridgehead atoms. The SMILES string of the molecule is Cc1ncc(N)cc1C(=O)OC1CC(C)OC(C)C1. The third kappa shape index (κ3) is 3.44. The quantitative estimate of drug-likeness (QED) is 0.828. The lowest BCUT2D eigenvalue weighted by Gasteiger charge is -2.31. The van der Waals surface area contributed by atoms with Crippen molar-refractivity contribution in [2.75, 3.05) is 5.73 Å². The van der Waals surface area contributed by atoms with E-state index in [9.17, 15) is 4.79 Å². The number of aryl methyl sites for hydroxylation is 1. The Hall–Kier alpha value is -1.62. The first-order valence-electron chi connectivity index (χ1n) is 6.54. The minimum Gasteiger partial charge on any atom is -0.459 e. The van der Waals surface area contributed by atoms with E-state index in [1.165, 1.54) is 6.20 Å². The third-order valence-electron chi connectivity index (χ3n) is 3.26. The van der Waals surface area contributed by atoms with Gasteiger partial charge in [-0.25, -0.2) is 4.79 Å². The van der Waals surface area contributed by atoms with Gasteiger partial charge in [0.2, 0.25) is 0 Å². The molecule has 2 unspecified atom stereocenters. The Balaban J connectivity index is 2.06. The summed E-state index contributed by atoms with van der Waals surface area (Å²) in [5, 5.41) is 0. The minimum atomic E-state index is -0.358. The summed E-state index contributed by atoms with van der Waals surface area (Å²) in [6.45, 7) is 5.75. The molecule has 1 aromatic heterocycles. The summed E-state index contributed by atoms with van der Waals surface area (Å²) in [6.07, 6.45) is 3.11. The Kier molecular flexibility index (Phi) is 4.04. The van der Waals surface area contributed by atoms with Crippen molar-refractivity contribution in [2.45, 2.75) is 51.9 Å². The molecule has 1 aliphatic rings. The van der Waals surface area contributed by atoms with Gasteiger partial charge in [-0.3, -0.25) is 4.98 Å². The monoisotopic (exact) mass is 264 g/mol. The van der Waals surface area contributed by atoms with E-state index in [4.69, 9.17) is 15.2 Å². The van der Waals surface area contributed by atoms with Crippen LogP contribution in [0.25, 0.3) is 0 Å². The van der Waals surface area contributed by atoms with E-state index in [0.717, 1.165) is 12.8 Å². The first-order valence-corrected chi connectivity index (χ1v) is 6.54. The van der Waals surface area contributed by atoms with Crippen molar-refractivity contribution >= 4 is 11.7 Å². The van der Waals surface area contributed by atoms with Crippen LogP contribution in [-0.2, 0) is 9.47 Å². The molecule has 1 aliphatic heterocycles. The fourth-order valence-electron chi connectivity index (χ4n) is 2.41. The highest BCUT2D eigenvalue weighted by molar-refractivity contribution is 5.91. The second kappa shape index (κ2) is 5.57. The summed E-state index contributed by atoms with van der Waals surface area (Å²) in [7, 11) is 0. The first-order chi connectivity index (χ1) is 8.95. The van der Waals surface area contributed by atoms with Crippen molar-refractivity contribution < 1.29 is 14.3 Å². The van der Waals surface area contributed by atoms with Crippen molar-refractivity contribution in [2.24, 2.45) is 0 Å². The van der Waals surface area contributed by atoms with E-state index in [1.54, 1.807) is 13.0 Å². The van der Waals surface area contributed by atoms with E-state index in [0.29, 0.717) is 16.9 Å². The lowest BCUT2D eigenvalue weighted by Crippen LogP contribution is -2.35. The number of nitrogen functional groups attached to an aromatic ring is 1. The van der Waals surface area contributed by atoms with E-state index in [2.05, 4.69) is 4.98 Å². The minimum absolute atomic E-state index is 0.105. The maximum Gasteiger partial charge on any atom is 0.340 e. The molecule has 0 radical (unpaired) electrons. The molecule has 1 saturated heterocycles. The summed E-state index contributed by atoms with van der Waals surface area (Å²) in [4.78, 5) is 16.2. The second-order valence-electron chi connectivity index (χ2n) is 5.16. The van der Waals surface area contributed by atoms with Gasteiger partial charge in [0, 0.05) is 12.8 Å². The van der Waals surface area contributed by atoms with Crippen LogP contribution in [0, 0.1) is 6.92 Å². The van der Waals surface area contributed by atoms with Gasteiger partial charge in [-0.05, 0) is 26.8 Å². The predicted octanol–water partition coefficient (Wildman–Crippen LogP) is 2.09. The first kappa shape index (κ1) is 13.8. The Morgan fingerprint density at radius 1 is 1.42 bits per heavy atom. The number of hydrogen-bond donors (Lipinski definition) is 1. The number of ether oxygens (including phenoxy) is 2.